The van der Waals surface area contributed by atoms with Crippen molar-refractivity contribution in [2.24, 2.45) is 5.41 Å². The average Bonchev–Trinajstić information content (AvgIpc) is 2.79. The van der Waals surface area contributed by atoms with Crippen LogP contribution >= 0.6 is 15.9 Å². The van der Waals surface area contributed by atoms with E-state index in [4.69, 9.17) is 14.2 Å². The molecule has 0 N–H and O–H groups in total. The molecule has 1 aliphatic rings. The molecule has 2 aromatic rings. The molecule has 0 radical (unpaired) electrons. The summed E-state index contributed by atoms with van der Waals surface area (Å²) in [7, 11) is 1.64. The summed E-state index contributed by atoms with van der Waals surface area (Å²) in [4.78, 5) is 14.1. The van der Waals surface area contributed by atoms with Gasteiger partial charge in [-0.1, -0.05) is 34.1 Å². The van der Waals surface area contributed by atoms with E-state index in [2.05, 4.69) is 22.0 Å². The molecular weight excluding hydrogens is 484 g/mol. The lowest BCUT2D eigenvalue weighted by Crippen LogP contribution is -2.45. The van der Waals surface area contributed by atoms with E-state index in [1.54, 1.807) is 12.0 Å². The first-order valence-electron chi connectivity index (χ1n) is 11.1. The van der Waals surface area contributed by atoms with Gasteiger partial charge in [-0.3, -0.25) is 0 Å². The minimum atomic E-state index is -0.569. The van der Waals surface area contributed by atoms with Crippen molar-refractivity contribution in [1.82, 2.24) is 4.90 Å². The molecule has 3 rings (SSSR count). The van der Waals surface area contributed by atoms with E-state index in [1.165, 1.54) is 0 Å². The molecule has 1 heterocycles. The summed E-state index contributed by atoms with van der Waals surface area (Å²) >= 11 is 3.65. The van der Waals surface area contributed by atoms with Gasteiger partial charge in [0.05, 0.1) is 18.6 Å². The van der Waals surface area contributed by atoms with E-state index >= 15 is 0 Å². The third-order valence-corrected chi connectivity index (χ3v) is 6.50. The van der Waals surface area contributed by atoms with Crippen LogP contribution in [-0.4, -0.2) is 36.8 Å². The van der Waals surface area contributed by atoms with Crippen LogP contribution in [-0.2, 0) is 17.8 Å². The maximum Gasteiger partial charge on any atom is 0.410 e. The van der Waals surface area contributed by atoms with Gasteiger partial charge in [-0.15, -0.1) is 0 Å². The standard InChI is InChI=1S/C26H31BrN2O4/c1-25(2,3)33-24(30)29-14-12-26(18-28,13-15-29)16-21-22(27)6-5-7-23(21)32-17-19-8-10-20(31-4)11-9-19/h5-11H,12-17H2,1-4H3. The zero-order chi connectivity index (χ0) is 24.1. The van der Waals surface area contributed by atoms with Gasteiger partial charge in [-0.05, 0) is 69.9 Å². The third kappa shape index (κ3) is 6.64. The van der Waals surface area contributed by atoms with E-state index < -0.39 is 11.0 Å². The van der Waals surface area contributed by atoms with Crippen LogP contribution in [0.4, 0.5) is 4.79 Å². The summed E-state index contributed by atoms with van der Waals surface area (Å²) in [5, 5.41) is 10.1. The number of hydrogen-bond acceptors (Lipinski definition) is 5. The van der Waals surface area contributed by atoms with Gasteiger partial charge in [-0.25, -0.2) is 4.79 Å². The smallest absolute Gasteiger partial charge is 0.410 e. The highest BCUT2D eigenvalue weighted by atomic mass is 79.9. The molecule has 1 amide bonds. The molecule has 0 atom stereocenters. The molecule has 0 bridgehead atoms. The molecule has 1 saturated heterocycles. The van der Waals surface area contributed by atoms with Crippen molar-refractivity contribution in [3.8, 4) is 17.6 Å². The molecule has 0 aliphatic carbocycles. The van der Waals surface area contributed by atoms with E-state index in [0.717, 1.165) is 27.1 Å². The van der Waals surface area contributed by atoms with Gasteiger partial charge in [0, 0.05) is 23.1 Å². The quantitative estimate of drug-likeness (QED) is 0.464. The lowest BCUT2D eigenvalue weighted by atomic mass is 9.75. The number of carbonyl (C=O) groups is 1. The Hall–Kier alpha value is -2.72. The molecule has 1 aliphatic heterocycles. The van der Waals surface area contributed by atoms with Crippen LogP contribution < -0.4 is 9.47 Å². The fraction of sp³-hybridized carbons (Fsp3) is 0.462. The predicted molar refractivity (Wildman–Crippen MR) is 130 cm³/mol. The number of ether oxygens (including phenoxy) is 3. The molecular formula is C26H31BrN2O4. The number of carbonyl (C=O) groups excluding carboxylic acids is 1. The maximum absolute atomic E-state index is 12.4. The predicted octanol–water partition coefficient (Wildman–Crippen LogP) is 6.12. The second-order valence-electron chi connectivity index (χ2n) is 9.39. The Morgan fingerprint density at radius 1 is 1.15 bits per heavy atom. The van der Waals surface area contributed by atoms with Crippen LogP contribution in [0.25, 0.3) is 0 Å². The zero-order valence-electron chi connectivity index (χ0n) is 19.7. The summed E-state index contributed by atoms with van der Waals surface area (Å²) in [5.41, 5.74) is 0.896. The van der Waals surface area contributed by atoms with Crippen molar-refractivity contribution in [3.05, 3.63) is 58.1 Å². The molecule has 33 heavy (non-hydrogen) atoms. The van der Waals surface area contributed by atoms with E-state index in [9.17, 15) is 10.1 Å². The highest BCUT2D eigenvalue weighted by Gasteiger charge is 2.38. The molecule has 0 aromatic heterocycles. The van der Waals surface area contributed by atoms with Crippen LogP contribution in [0, 0.1) is 16.7 Å². The molecule has 2 aromatic carbocycles. The highest BCUT2D eigenvalue weighted by Crippen LogP contribution is 2.40. The van der Waals surface area contributed by atoms with E-state index in [1.807, 2.05) is 63.2 Å². The Kier molecular flexibility index (Phi) is 7.91. The average molecular weight is 515 g/mol. The lowest BCUT2D eigenvalue weighted by Gasteiger charge is -2.38. The fourth-order valence-electron chi connectivity index (χ4n) is 3.84. The number of likely N-dealkylation sites (tertiary alicyclic amines) is 1. The van der Waals surface area contributed by atoms with Crippen LogP contribution in [0.15, 0.2) is 46.9 Å². The van der Waals surface area contributed by atoms with Crippen molar-refractivity contribution >= 4 is 22.0 Å². The monoisotopic (exact) mass is 514 g/mol. The summed E-state index contributed by atoms with van der Waals surface area (Å²) in [5.74, 6) is 1.56. The Morgan fingerprint density at radius 2 is 1.82 bits per heavy atom. The molecule has 176 valence electrons. The second kappa shape index (κ2) is 10.5. The Bertz CT molecular complexity index is 1000. The van der Waals surface area contributed by atoms with Crippen molar-refractivity contribution in [2.75, 3.05) is 20.2 Å². The Balaban J connectivity index is 1.70. The molecule has 1 fully saturated rings. The van der Waals surface area contributed by atoms with Gasteiger partial charge in [0.2, 0.25) is 0 Å². The minimum Gasteiger partial charge on any atom is -0.497 e. The van der Waals surface area contributed by atoms with Gasteiger partial charge < -0.3 is 19.1 Å². The van der Waals surface area contributed by atoms with Crippen molar-refractivity contribution in [3.63, 3.8) is 0 Å². The topological polar surface area (TPSA) is 71.8 Å². The van der Waals surface area contributed by atoms with Crippen LogP contribution in [0.3, 0.4) is 0 Å². The number of halogens is 1. The molecule has 7 heteroatoms. The Labute approximate surface area is 204 Å². The first-order valence-corrected chi connectivity index (χ1v) is 11.9. The zero-order valence-corrected chi connectivity index (χ0v) is 21.3. The third-order valence-electron chi connectivity index (χ3n) is 5.75. The SMILES string of the molecule is COc1ccc(COc2cccc(Br)c2CC2(C#N)CCN(C(=O)OC(C)(C)C)CC2)cc1. The van der Waals surface area contributed by atoms with Gasteiger partial charge in [-0.2, -0.15) is 5.26 Å². The van der Waals surface area contributed by atoms with Crippen LogP contribution in [0.2, 0.25) is 0 Å². The number of nitrogens with zero attached hydrogens (tertiary/aromatic N) is 2. The summed E-state index contributed by atoms with van der Waals surface area (Å²) < 4.78 is 17.8. The fourth-order valence-corrected chi connectivity index (χ4v) is 4.33. The first kappa shape index (κ1) is 24.9. The van der Waals surface area contributed by atoms with E-state index in [-0.39, 0.29) is 6.09 Å². The summed E-state index contributed by atoms with van der Waals surface area (Å²) in [6.45, 7) is 6.97. The molecule has 0 spiro atoms. The van der Waals surface area contributed by atoms with Crippen LogP contribution in [0.5, 0.6) is 11.5 Å². The molecule has 0 saturated carbocycles. The number of piperidine rings is 1. The number of benzene rings is 2. The largest absolute Gasteiger partial charge is 0.497 e. The number of nitriles is 1. The van der Waals surface area contributed by atoms with Crippen molar-refractivity contribution in [1.29, 1.82) is 5.26 Å². The number of hydrogen-bond donors (Lipinski definition) is 0. The summed E-state index contributed by atoms with van der Waals surface area (Å²) in [6.07, 6.45) is 1.40. The molecule has 6 nitrogen and oxygen atoms in total. The number of methoxy groups -OCH3 is 1. The number of rotatable bonds is 6. The number of amides is 1. The first-order chi connectivity index (χ1) is 15.6. The highest BCUT2D eigenvalue weighted by molar-refractivity contribution is 9.10. The maximum atomic E-state index is 12.4. The van der Waals surface area contributed by atoms with Crippen molar-refractivity contribution < 1.29 is 19.0 Å². The minimum absolute atomic E-state index is 0.321. The Morgan fingerprint density at radius 3 is 2.39 bits per heavy atom. The van der Waals surface area contributed by atoms with Gasteiger partial charge in [0.25, 0.3) is 0 Å². The second-order valence-corrected chi connectivity index (χ2v) is 10.2. The van der Waals surface area contributed by atoms with Gasteiger partial charge >= 0.3 is 6.09 Å². The normalized spacial score (nSPS) is 15.5. The van der Waals surface area contributed by atoms with Gasteiger partial charge in [0.15, 0.2) is 0 Å². The lowest BCUT2D eigenvalue weighted by molar-refractivity contribution is 0.0148. The van der Waals surface area contributed by atoms with Crippen molar-refractivity contribution in [2.45, 2.75) is 52.2 Å². The molecule has 0 unspecified atom stereocenters. The van der Waals surface area contributed by atoms with Gasteiger partial charge in [0.1, 0.15) is 23.7 Å². The van der Waals surface area contributed by atoms with Crippen LogP contribution in [0.1, 0.15) is 44.7 Å². The summed E-state index contributed by atoms with van der Waals surface area (Å²) in [6, 6.07) is 16.1. The van der Waals surface area contributed by atoms with E-state index in [0.29, 0.717) is 39.0 Å².